The van der Waals surface area contributed by atoms with Crippen LogP contribution in [-0.2, 0) is 25.7 Å². The van der Waals surface area contributed by atoms with Crippen LogP contribution in [0.4, 0.5) is 4.39 Å². The van der Waals surface area contributed by atoms with Gasteiger partial charge in [0.2, 0.25) is 0 Å². The van der Waals surface area contributed by atoms with E-state index < -0.39 is 29.3 Å². The predicted octanol–water partition coefficient (Wildman–Crippen LogP) is 9.84. The van der Waals surface area contributed by atoms with Crippen LogP contribution in [0.15, 0.2) is 29.3 Å². The van der Waals surface area contributed by atoms with Gasteiger partial charge < -0.3 is 19.8 Å². The van der Waals surface area contributed by atoms with E-state index in [1.807, 2.05) is 14.1 Å². The minimum atomic E-state index is -1.19. The van der Waals surface area contributed by atoms with Crippen LogP contribution in [0, 0.1) is 62.5 Å². The molecule has 1 aromatic rings. The number of Topliss-reactive ketones (excluding diaryl/α,β-unsaturated/α-hetero) is 1. The molecule has 4 fully saturated rings. The monoisotopic (exact) mass is 829 g/mol. The Morgan fingerprint density at radius 3 is 2.21 bits per heavy atom. The summed E-state index contributed by atoms with van der Waals surface area (Å²) in [5.74, 6) is -1.06. The molecule has 9 atom stereocenters. The maximum Gasteiger partial charge on any atom is 0.309 e. The summed E-state index contributed by atoms with van der Waals surface area (Å²) in [5.41, 5.74) is 0.960. The molecule has 0 aromatic heterocycles. The van der Waals surface area contributed by atoms with Crippen molar-refractivity contribution in [3.8, 4) is 0 Å². The van der Waals surface area contributed by atoms with Gasteiger partial charge in [-0.1, -0.05) is 77.8 Å². The molecule has 10 heteroatoms. The summed E-state index contributed by atoms with van der Waals surface area (Å²) in [6, 6.07) is 5.09. The third kappa shape index (κ3) is 8.59. The van der Waals surface area contributed by atoms with Gasteiger partial charge in [-0.3, -0.25) is 19.3 Å². The highest BCUT2D eigenvalue weighted by Crippen LogP contribution is 2.75. The van der Waals surface area contributed by atoms with E-state index in [9.17, 15) is 24.6 Å². The Bertz CT molecular complexity index is 1740. The van der Waals surface area contributed by atoms with Gasteiger partial charge in [0.1, 0.15) is 11.9 Å². The smallest absolute Gasteiger partial charge is 0.309 e. The average molecular weight is 830 g/mol. The van der Waals surface area contributed by atoms with Gasteiger partial charge in [0.05, 0.1) is 23.0 Å². The molecule has 0 bridgehead atoms. The molecule has 5 rings (SSSR count). The molecule has 2 N–H and O–H groups in total. The van der Waals surface area contributed by atoms with Gasteiger partial charge in [-0.05, 0) is 138 Å². The predicted molar refractivity (Wildman–Crippen MR) is 229 cm³/mol. The summed E-state index contributed by atoms with van der Waals surface area (Å²) < 4.78 is 21.4. The fourth-order valence-electron chi connectivity index (χ4n) is 13.2. The van der Waals surface area contributed by atoms with Gasteiger partial charge in [0.25, 0.3) is 0 Å². The van der Waals surface area contributed by atoms with Crippen LogP contribution in [0.3, 0.4) is 0 Å². The number of fused-ring (bicyclic) bond motifs is 5. The molecule has 9 unspecified atom stereocenters. The van der Waals surface area contributed by atoms with E-state index >= 15 is 4.39 Å². The van der Waals surface area contributed by atoms with Crippen molar-refractivity contribution in [1.29, 1.82) is 0 Å². The number of carboxylic acid groups (broad SMARTS) is 1. The number of aliphatic hydroxyl groups excluding tert-OH is 1. The molecular formula is C48H74ClFN2O6. The van der Waals surface area contributed by atoms with Gasteiger partial charge in [0.15, 0.2) is 5.78 Å². The highest BCUT2D eigenvalue weighted by molar-refractivity contribution is 6.30. The van der Waals surface area contributed by atoms with Crippen molar-refractivity contribution in [3.05, 3.63) is 45.7 Å². The van der Waals surface area contributed by atoms with E-state index in [-0.39, 0.29) is 62.7 Å². The lowest BCUT2D eigenvalue weighted by Gasteiger charge is -2.71. The number of ether oxygens (including phenoxy) is 1. The molecule has 326 valence electrons. The molecule has 0 radical (unpaired) electrons. The Hall–Kier alpha value is -2.33. The van der Waals surface area contributed by atoms with E-state index in [4.69, 9.17) is 16.3 Å². The van der Waals surface area contributed by atoms with Crippen molar-refractivity contribution < 1.29 is 33.7 Å². The van der Waals surface area contributed by atoms with Crippen LogP contribution in [-0.4, -0.2) is 83.7 Å². The maximum atomic E-state index is 15.2. The van der Waals surface area contributed by atoms with Gasteiger partial charge in [-0.25, -0.2) is 4.39 Å². The SMILES string of the molecule is CC(=O)C(=C1C(C(O)CN(CCN(C)C)Cc2cccc(Cl)c2F)CCC2(C)C1CCC1C3(C)CCC(OC(=O)CC(C)(C)C(=O)O)C(C)(C)C3CCC12C)C(C)C. The van der Waals surface area contributed by atoms with E-state index in [1.165, 1.54) is 0 Å². The third-order valence-electron chi connectivity index (χ3n) is 16.5. The molecule has 0 amide bonds. The number of aliphatic hydroxyl groups is 1. The number of carbonyl (C=O) groups is 3. The number of halogens is 2. The lowest BCUT2D eigenvalue weighted by Crippen LogP contribution is -2.65. The zero-order chi connectivity index (χ0) is 43.3. The van der Waals surface area contributed by atoms with Crippen LogP contribution in [0.2, 0.25) is 5.02 Å². The highest BCUT2D eigenvalue weighted by Gasteiger charge is 2.68. The van der Waals surface area contributed by atoms with E-state index in [0.29, 0.717) is 37.0 Å². The van der Waals surface area contributed by atoms with Crippen molar-refractivity contribution in [2.75, 3.05) is 33.7 Å². The highest BCUT2D eigenvalue weighted by atomic mass is 35.5. The molecule has 4 aliphatic rings. The lowest BCUT2D eigenvalue weighted by molar-refractivity contribution is -0.232. The molecule has 0 spiro atoms. The number of carbonyl (C=O) groups excluding carboxylic acids is 2. The quantitative estimate of drug-likeness (QED) is 0.141. The number of benzene rings is 1. The normalized spacial score (nSPS) is 33.6. The van der Waals surface area contributed by atoms with E-state index in [2.05, 4.69) is 58.3 Å². The number of likely N-dealkylation sites (N-methyl/N-ethyl adjacent to an activating group) is 1. The second kappa shape index (κ2) is 17.2. The Morgan fingerprint density at radius 2 is 1.60 bits per heavy atom. The Morgan fingerprint density at radius 1 is 0.948 bits per heavy atom. The number of allylic oxidation sites excluding steroid dienone is 1. The van der Waals surface area contributed by atoms with Gasteiger partial charge >= 0.3 is 11.9 Å². The summed E-state index contributed by atoms with van der Waals surface area (Å²) in [7, 11) is 4.02. The standard InChI is InChI=1S/C48H74ClFN2O6/c1-29(2)40(30(3)53)41-32(35(54)28-52(25-24-51(11)12)27-31-14-13-15-34(49)42(31)50)18-22-47(9)33(41)16-17-37-46(8)21-20-38(58-39(55)26-44(4,5)43(56)57)45(6,7)36(46)19-23-48(37,47)10/h13-15,29,32-33,35-38,54H,16-28H2,1-12H3,(H,56,57). The molecule has 0 aliphatic heterocycles. The summed E-state index contributed by atoms with van der Waals surface area (Å²) in [6.07, 6.45) is 6.24. The number of nitrogens with zero attached hydrogens (tertiary/aromatic N) is 2. The topological polar surface area (TPSA) is 107 Å². The first-order valence-corrected chi connectivity index (χ1v) is 22.4. The number of rotatable bonds is 14. The van der Waals surface area contributed by atoms with Crippen LogP contribution >= 0.6 is 11.6 Å². The average Bonchev–Trinajstić information content (AvgIpc) is 3.10. The Balaban J connectivity index is 1.45. The molecule has 0 heterocycles. The minimum absolute atomic E-state index is 0.00796. The summed E-state index contributed by atoms with van der Waals surface area (Å²) in [6.45, 7) is 23.1. The summed E-state index contributed by atoms with van der Waals surface area (Å²) in [5, 5.41) is 22.1. The maximum absolute atomic E-state index is 15.2. The number of carboxylic acids is 1. The van der Waals surface area contributed by atoms with Crippen LogP contribution in [0.1, 0.15) is 133 Å². The number of ketones is 1. The second-order valence-electron chi connectivity index (χ2n) is 21.4. The first-order valence-electron chi connectivity index (χ1n) is 22.0. The molecular weight excluding hydrogens is 755 g/mol. The van der Waals surface area contributed by atoms with Crippen molar-refractivity contribution in [1.82, 2.24) is 9.80 Å². The molecule has 4 aliphatic carbocycles. The van der Waals surface area contributed by atoms with E-state index in [0.717, 1.165) is 69.1 Å². The van der Waals surface area contributed by atoms with Crippen molar-refractivity contribution >= 4 is 29.3 Å². The fourth-order valence-corrected chi connectivity index (χ4v) is 13.4. The van der Waals surface area contributed by atoms with Gasteiger partial charge in [0, 0.05) is 43.1 Å². The number of hydrogen-bond donors (Lipinski definition) is 2. The molecule has 58 heavy (non-hydrogen) atoms. The summed E-state index contributed by atoms with van der Waals surface area (Å²) in [4.78, 5) is 42.9. The Kier molecular flexibility index (Phi) is 13.9. The zero-order valence-electron chi connectivity index (χ0n) is 37.6. The van der Waals surface area contributed by atoms with Crippen molar-refractivity contribution in [2.24, 2.45) is 56.7 Å². The molecule has 1 aromatic carbocycles. The third-order valence-corrected chi connectivity index (χ3v) is 16.8. The summed E-state index contributed by atoms with van der Waals surface area (Å²) >= 11 is 6.19. The van der Waals surface area contributed by atoms with Crippen LogP contribution in [0.5, 0.6) is 0 Å². The van der Waals surface area contributed by atoms with Crippen LogP contribution in [0.25, 0.3) is 0 Å². The lowest BCUT2D eigenvalue weighted by atomic mass is 9.33. The van der Waals surface area contributed by atoms with Crippen LogP contribution < -0.4 is 0 Å². The van der Waals surface area contributed by atoms with Crippen molar-refractivity contribution in [2.45, 2.75) is 146 Å². The fraction of sp³-hybridized carbons (Fsp3) is 0.771. The molecule has 8 nitrogen and oxygen atoms in total. The van der Waals surface area contributed by atoms with Gasteiger partial charge in [-0.2, -0.15) is 0 Å². The number of hydrogen-bond acceptors (Lipinski definition) is 7. The molecule has 0 saturated heterocycles. The number of aliphatic carboxylic acids is 1. The number of esters is 1. The van der Waals surface area contributed by atoms with Gasteiger partial charge in [-0.15, -0.1) is 0 Å². The second-order valence-corrected chi connectivity index (χ2v) is 21.8. The first-order chi connectivity index (χ1) is 26.8. The first kappa shape index (κ1) is 46.7. The molecule has 4 saturated carbocycles. The largest absolute Gasteiger partial charge is 0.481 e. The van der Waals surface area contributed by atoms with E-state index in [1.54, 1.807) is 39.0 Å². The minimum Gasteiger partial charge on any atom is -0.481 e. The van der Waals surface area contributed by atoms with Crippen molar-refractivity contribution in [3.63, 3.8) is 0 Å². The zero-order valence-corrected chi connectivity index (χ0v) is 38.4. The Labute approximate surface area is 353 Å².